The topological polar surface area (TPSA) is 17.1 Å². The molecule has 18 heavy (non-hydrogen) atoms. The predicted octanol–water partition coefficient (Wildman–Crippen LogP) is 4.91. The first kappa shape index (κ1) is 12.1. The Labute approximate surface area is 117 Å². The molecule has 0 bridgehead atoms. The molecule has 1 nitrogen and oxygen atoms in total. The molecule has 0 radical (unpaired) electrons. The number of rotatable bonds is 3. The minimum atomic E-state index is -0.259. The molecule has 1 aromatic carbocycles. The Morgan fingerprint density at radius 1 is 1.28 bits per heavy atom. The number of thiophene rings is 1. The zero-order chi connectivity index (χ0) is 12.7. The standard InChI is InChI=1S/C14H10BrFOS/c15-9-3-4-11(16)10(7-9)12-5-6-13(18-12)14(17)8-1-2-8/h3-8H,1-2H2. The molecule has 1 heterocycles. The van der Waals surface area contributed by atoms with E-state index < -0.39 is 0 Å². The van der Waals surface area contributed by atoms with E-state index in [1.54, 1.807) is 18.2 Å². The summed E-state index contributed by atoms with van der Waals surface area (Å²) in [6, 6.07) is 8.48. The quantitative estimate of drug-likeness (QED) is 0.733. The molecule has 1 aliphatic rings. The molecule has 0 amide bonds. The van der Waals surface area contributed by atoms with E-state index in [-0.39, 0.29) is 17.5 Å². The third-order valence-electron chi connectivity index (χ3n) is 2.99. The summed E-state index contributed by atoms with van der Waals surface area (Å²) < 4.78 is 14.6. The fourth-order valence-corrected chi connectivity index (χ4v) is 3.25. The van der Waals surface area contributed by atoms with Gasteiger partial charge in [-0.3, -0.25) is 4.79 Å². The van der Waals surface area contributed by atoms with E-state index in [0.717, 1.165) is 27.1 Å². The molecule has 2 aromatic rings. The van der Waals surface area contributed by atoms with Crippen molar-refractivity contribution in [1.82, 2.24) is 0 Å². The first-order valence-electron chi connectivity index (χ1n) is 5.74. The molecule has 0 atom stereocenters. The number of hydrogen-bond donors (Lipinski definition) is 0. The minimum Gasteiger partial charge on any atom is -0.293 e. The molecule has 3 rings (SSSR count). The number of ketones is 1. The minimum absolute atomic E-state index is 0.210. The van der Waals surface area contributed by atoms with Crippen molar-refractivity contribution in [2.24, 2.45) is 5.92 Å². The average molecular weight is 325 g/mol. The molecule has 0 unspecified atom stereocenters. The fourth-order valence-electron chi connectivity index (χ4n) is 1.85. The summed E-state index contributed by atoms with van der Waals surface area (Å²) in [5.74, 6) is 0.163. The molecule has 92 valence electrons. The highest BCUT2D eigenvalue weighted by atomic mass is 79.9. The Morgan fingerprint density at radius 3 is 2.78 bits per heavy atom. The summed E-state index contributed by atoms with van der Waals surface area (Å²) in [5.41, 5.74) is 0.546. The van der Waals surface area contributed by atoms with Gasteiger partial charge in [-0.15, -0.1) is 11.3 Å². The summed E-state index contributed by atoms with van der Waals surface area (Å²) in [5, 5.41) is 0. The van der Waals surface area contributed by atoms with E-state index in [1.165, 1.54) is 17.4 Å². The first-order chi connectivity index (χ1) is 8.65. The second kappa shape index (κ2) is 4.59. The second-order valence-electron chi connectivity index (χ2n) is 4.43. The Hall–Kier alpha value is -1.00. The largest absolute Gasteiger partial charge is 0.293 e. The summed E-state index contributed by atoms with van der Waals surface area (Å²) in [6.45, 7) is 0. The van der Waals surface area contributed by atoms with Gasteiger partial charge in [0.05, 0.1) is 4.88 Å². The van der Waals surface area contributed by atoms with Gasteiger partial charge in [0.25, 0.3) is 0 Å². The molecular weight excluding hydrogens is 315 g/mol. The van der Waals surface area contributed by atoms with Crippen LogP contribution in [0.2, 0.25) is 0 Å². The van der Waals surface area contributed by atoms with Crippen LogP contribution in [-0.4, -0.2) is 5.78 Å². The lowest BCUT2D eigenvalue weighted by atomic mass is 10.1. The van der Waals surface area contributed by atoms with Crippen LogP contribution >= 0.6 is 27.3 Å². The zero-order valence-corrected chi connectivity index (χ0v) is 11.9. The molecule has 1 aromatic heterocycles. The summed E-state index contributed by atoms with van der Waals surface area (Å²) >= 11 is 4.71. The number of carbonyl (C=O) groups is 1. The molecular formula is C14H10BrFOS. The lowest BCUT2D eigenvalue weighted by molar-refractivity contribution is 0.0971. The van der Waals surface area contributed by atoms with Gasteiger partial charge in [0.1, 0.15) is 5.82 Å². The van der Waals surface area contributed by atoms with Gasteiger partial charge in [0.2, 0.25) is 0 Å². The smallest absolute Gasteiger partial charge is 0.175 e. The van der Waals surface area contributed by atoms with Gasteiger partial charge >= 0.3 is 0 Å². The van der Waals surface area contributed by atoms with E-state index in [9.17, 15) is 9.18 Å². The Bertz CT molecular complexity index is 616. The van der Waals surface area contributed by atoms with Crippen molar-refractivity contribution >= 4 is 33.0 Å². The van der Waals surface area contributed by atoms with Crippen LogP contribution < -0.4 is 0 Å². The number of halogens is 2. The van der Waals surface area contributed by atoms with E-state index in [4.69, 9.17) is 0 Å². The van der Waals surface area contributed by atoms with Crippen molar-refractivity contribution in [2.45, 2.75) is 12.8 Å². The molecule has 1 fully saturated rings. The third-order valence-corrected chi connectivity index (χ3v) is 4.62. The predicted molar refractivity (Wildman–Crippen MR) is 74.5 cm³/mol. The zero-order valence-electron chi connectivity index (χ0n) is 9.45. The second-order valence-corrected chi connectivity index (χ2v) is 6.43. The van der Waals surface area contributed by atoms with E-state index in [0.29, 0.717) is 5.56 Å². The summed E-state index contributed by atoms with van der Waals surface area (Å²) in [6.07, 6.45) is 1.99. The summed E-state index contributed by atoms with van der Waals surface area (Å²) in [7, 11) is 0. The van der Waals surface area contributed by atoms with Gasteiger partial charge in [-0.25, -0.2) is 4.39 Å². The van der Waals surface area contributed by atoms with Crippen LogP contribution in [0.3, 0.4) is 0 Å². The highest BCUT2D eigenvalue weighted by molar-refractivity contribution is 9.10. The van der Waals surface area contributed by atoms with Crippen LogP contribution in [0.1, 0.15) is 22.5 Å². The van der Waals surface area contributed by atoms with Gasteiger partial charge < -0.3 is 0 Å². The molecule has 1 saturated carbocycles. The maximum atomic E-state index is 13.7. The van der Waals surface area contributed by atoms with Crippen molar-refractivity contribution in [3.63, 3.8) is 0 Å². The monoisotopic (exact) mass is 324 g/mol. The van der Waals surface area contributed by atoms with Crippen LogP contribution in [-0.2, 0) is 0 Å². The normalized spacial score (nSPS) is 14.8. The van der Waals surface area contributed by atoms with Gasteiger partial charge in [-0.1, -0.05) is 15.9 Å². The maximum Gasteiger partial charge on any atom is 0.175 e. The lowest BCUT2D eigenvalue weighted by Crippen LogP contribution is -1.96. The van der Waals surface area contributed by atoms with Crippen LogP contribution in [0.5, 0.6) is 0 Å². The molecule has 0 saturated heterocycles. The van der Waals surface area contributed by atoms with E-state index >= 15 is 0 Å². The maximum absolute atomic E-state index is 13.7. The van der Waals surface area contributed by atoms with Crippen molar-refractivity contribution in [2.75, 3.05) is 0 Å². The van der Waals surface area contributed by atoms with Gasteiger partial charge in [-0.2, -0.15) is 0 Å². The molecule has 0 N–H and O–H groups in total. The molecule has 4 heteroatoms. The average Bonchev–Trinajstić information content (AvgIpc) is 3.09. The number of benzene rings is 1. The lowest BCUT2D eigenvalue weighted by Gasteiger charge is -2.00. The third kappa shape index (κ3) is 2.27. The Kier molecular flexibility index (Phi) is 3.08. The van der Waals surface area contributed by atoms with Crippen LogP contribution in [0.4, 0.5) is 4.39 Å². The van der Waals surface area contributed by atoms with E-state index in [2.05, 4.69) is 15.9 Å². The van der Waals surface area contributed by atoms with Crippen LogP contribution in [0, 0.1) is 11.7 Å². The number of Topliss-reactive ketones (excluding diaryl/α,β-unsaturated/α-hetero) is 1. The van der Waals surface area contributed by atoms with Gasteiger partial charge in [-0.05, 0) is 43.2 Å². The van der Waals surface area contributed by atoms with Crippen molar-refractivity contribution in [3.8, 4) is 10.4 Å². The Balaban J connectivity index is 1.97. The SMILES string of the molecule is O=C(c1ccc(-c2cc(Br)ccc2F)s1)C1CC1. The Morgan fingerprint density at radius 2 is 2.06 bits per heavy atom. The first-order valence-corrected chi connectivity index (χ1v) is 7.35. The van der Waals surface area contributed by atoms with Crippen molar-refractivity contribution < 1.29 is 9.18 Å². The fraction of sp³-hybridized carbons (Fsp3) is 0.214. The number of carbonyl (C=O) groups excluding carboxylic acids is 1. The van der Waals surface area contributed by atoms with Gasteiger partial charge in [0.15, 0.2) is 5.78 Å². The summed E-state index contributed by atoms with van der Waals surface area (Å²) in [4.78, 5) is 13.5. The van der Waals surface area contributed by atoms with Crippen LogP contribution in [0.15, 0.2) is 34.8 Å². The van der Waals surface area contributed by atoms with Gasteiger partial charge in [0, 0.05) is 20.8 Å². The van der Waals surface area contributed by atoms with Crippen molar-refractivity contribution in [1.29, 1.82) is 0 Å². The molecule has 1 aliphatic carbocycles. The van der Waals surface area contributed by atoms with Crippen molar-refractivity contribution in [3.05, 3.63) is 45.5 Å². The molecule has 0 aliphatic heterocycles. The van der Waals surface area contributed by atoms with E-state index in [1.807, 2.05) is 6.07 Å². The number of hydrogen-bond acceptors (Lipinski definition) is 2. The highest BCUT2D eigenvalue weighted by Crippen LogP contribution is 2.37. The van der Waals surface area contributed by atoms with Crippen LogP contribution in [0.25, 0.3) is 10.4 Å². The highest BCUT2D eigenvalue weighted by Gasteiger charge is 2.31. The molecule has 0 spiro atoms.